The second-order valence-corrected chi connectivity index (χ2v) is 7.24. The molecule has 0 aliphatic carbocycles. The van der Waals surface area contributed by atoms with Crippen LogP contribution in [0.4, 0.5) is 0 Å². The van der Waals surface area contributed by atoms with Crippen LogP contribution in [0, 0.1) is 5.41 Å². The van der Waals surface area contributed by atoms with Crippen molar-refractivity contribution in [1.82, 2.24) is 0 Å². The summed E-state index contributed by atoms with van der Waals surface area (Å²) in [6.45, 7) is 0.423. The van der Waals surface area contributed by atoms with Crippen molar-refractivity contribution in [3.63, 3.8) is 0 Å². The molecule has 0 atom stereocenters. The maximum atomic E-state index is 10.7. The maximum absolute atomic E-state index is 10.7. The third-order valence-corrected chi connectivity index (χ3v) is 4.39. The van der Waals surface area contributed by atoms with Crippen LogP contribution in [0.3, 0.4) is 0 Å². The summed E-state index contributed by atoms with van der Waals surface area (Å²) >= 11 is 0. The highest BCUT2D eigenvalue weighted by Gasteiger charge is 2.11. The van der Waals surface area contributed by atoms with Crippen LogP contribution < -0.4 is 10.5 Å². The van der Waals surface area contributed by atoms with Gasteiger partial charge in [-0.3, -0.25) is 9.97 Å². The van der Waals surface area contributed by atoms with E-state index >= 15 is 0 Å². The quantitative estimate of drug-likeness (QED) is 0.253. The second-order valence-electron chi connectivity index (χ2n) is 5.46. The van der Waals surface area contributed by atoms with Crippen molar-refractivity contribution in [3.05, 3.63) is 54.1 Å². The summed E-state index contributed by atoms with van der Waals surface area (Å²) < 4.78 is 16.3. The van der Waals surface area contributed by atoms with Crippen molar-refractivity contribution in [2.24, 2.45) is 5.73 Å². The Bertz CT molecular complexity index is 723. The van der Waals surface area contributed by atoms with Gasteiger partial charge in [0.2, 0.25) is 0 Å². The molecule has 0 fully saturated rings. The molecule has 0 saturated heterocycles. The fourth-order valence-corrected chi connectivity index (χ4v) is 2.83. The number of nitrogens with two attached hydrogens (primary N) is 1. The highest BCUT2D eigenvalue weighted by molar-refractivity contribution is 7.51. The molecular weight excluding hydrogens is 327 g/mol. The minimum Gasteiger partial charge on any atom is -0.494 e. The molecule has 0 aromatic heterocycles. The number of amidine groups is 1. The molecule has 128 valence electrons. The molecule has 2 aromatic rings. The van der Waals surface area contributed by atoms with E-state index in [1.165, 1.54) is 0 Å². The molecule has 5 N–H and O–H groups in total. The van der Waals surface area contributed by atoms with Crippen molar-refractivity contribution in [2.75, 3.05) is 12.8 Å². The number of nitrogens with one attached hydrogen (secondary N) is 1. The standard InChI is InChI=1S/C17H21N2O4P/c18-17(19)15-5-3-13(4-6-15)14-7-9-16(10-8-14)23-11-1-2-12-24(20,21)22/h3-10H,1-2,11-12H2,(H3,18,19)(H2,20,21,22). The number of rotatable bonds is 8. The van der Waals surface area contributed by atoms with Crippen molar-refractivity contribution in [1.29, 1.82) is 5.41 Å². The predicted octanol–water partition coefficient (Wildman–Crippen LogP) is 2.97. The zero-order valence-corrected chi connectivity index (χ0v) is 14.1. The van der Waals surface area contributed by atoms with Crippen molar-refractivity contribution >= 4 is 13.4 Å². The fraction of sp³-hybridized carbons (Fsp3) is 0.235. The summed E-state index contributed by atoms with van der Waals surface area (Å²) in [6.07, 6.45) is 0.926. The Morgan fingerprint density at radius 2 is 1.54 bits per heavy atom. The molecule has 0 spiro atoms. The van der Waals surface area contributed by atoms with Gasteiger partial charge in [0.15, 0.2) is 0 Å². The van der Waals surface area contributed by atoms with Crippen LogP contribution in [0.1, 0.15) is 18.4 Å². The number of hydrogen-bond acceptors (Lipinski definition) is 3. The molecule has 0 aliphatic heterocycles. The lowest BCUT2D eigenvalue weighted by molar-refractivity contribution is 0.307. The van der Waals surface area contributed by atoms with Gasteiger partial charge in [-0.15, -0.1) is 0 Å². The first-order valence-corrected chi connectivity index (χ1v) is 9.37. The highest BCUT2D eigenvalue weighted by atomic mass is 31.2. The normalized spacial score (nSPS) is 11.2. The molecule has 0 heterocycles. The van der Waals surface area contributed by atoms with Gasteiger partial charge in [0, 0.05) is 11.7 Å². The third-order valence-electron chi connectivity index (χ3n) is 3.50. The lowest BCUT2D eigenvalue weighted by atomic mass is 10.0. The third kappa shape index (κ3) is 5.81. The lowest BCUT2D eigenvalue weighted by Gasteiger charge is -2.08. The van der Waals surface area contributed by atoms with Gasteiger partial charge in [-0.2, -0.15) is 0 Å². The zero-order valence-electron chi connectivity index (χ0n) is 13.2. The summed E-state index contributed by atoms with van der Waals surface area (Å²) in [5, 5.41) is 7.38. The van der Waals surface area contributed by atoms with Gasteiger partial charge in [0.25, 0.3) is 0 Å². The minimum absolute atomic E-state index is 0.0454. The first kappa shape index (κ1) is 18.2. The molecule has 0 radical (unpaired) electrons. The molecule has 0 amide bonds. The Hall–Kier alpha value is -2.14. The first-order chi connectivity index (χ1) is 11.3. The highest BCUT2D eigenvalue weighted by Crippen LogP contribution is 2.35. The molecule has 0 saturated carbocycles. The summed E-state index contributed by atoms with van der Waals surface area (Å²) in [5.74, 6) is 0.763. The summed E-state index contributed by atoms with van der Waals surface area (Å²) in [7, 11) is -3.91. The summed E-state index contributed by atoms with van der Waals surface area (Å²) in [5.41, 5.74) is 8.17. The molecule has 7 heteroatoms. The van der Waals surface area contributed by atoms with Gasteiger partial charge in [0.05, 0.1) is 6.61 Å². The van der Waals surface area contributed by atoms with Gasteiger partial charge in [-0.1, -0.05) is 36.4 Å². The molecule has 2 aromatic carbocycles. The van der Waals surface area contributed by atoms with Crippen molar-refractivity contribution in [2.45, 2.75) is 12.8 Å². The Morgan fingerprint density at radius 3 is 2.04 bits per heavy atom. The lowest BCUT2D eigenvalue weighted by Crippen LogP contribution is -2.10. The Balaban J connectivity index is 1.86. The van der Waals surface area contributed by atoms with Crippen LogP contribution in [-0.4, -0.2) is 28.4 Å². The van der Waals surface area contributed by atoms with E-state index in [0.717, 1.165) is 16.9 Å². The Labute approximate surface area is 141 Å². The smallest absolute Gasteiger partial charge is 0.325 e. The van der Waals surface area contributed by atoms with E-state index in [-0.39, 0.29) is 12.0 Å². The van der Waals surface area contributed by atoms with Crippen molar-refractivity contribution < 1.29 is 19.1 Å². The monoisotopic (exact) mass is 348 g/mol. The van der Waals surface area contributed by atoms with Crippen LogP contribution in [-0.2, 0) is 4.57 Å². The largest absolute Gasteiger partial charge is 0.494 e. The average molecular weight is 348 g/mol. The maximum Gasteiger partial charge on any atom is 0.325 e. The first-order valence-electron chi connectivity index (χ1n) is 7.57. The number of ether oxygens (including phenoxy) is 1. The molecule has 0 bridgehead atoms. The zero-order chi connectivity index (χ0) is 17.6. The van der Waals surface area contributed by atoms with E-state index in [1.807, 2.05) is 48.5 Å². The molecule has 24 heavy (non-hydrogen) atoms. The van der Waals surface area contributed by atoms with Crippen LogP contribution in [0.25, 0.3) is 11.1 Å². The fourth-order valence-electron chi connectivity index (χ4n) is 2.20. The Kier molecular flexibility index (Phi) is 6.15. The summed E-state index contributed by atoms with van der Waals surface area (Å²) in [4.78, 5) is 17.5. The van der Waals surface area contributed by atoms with Gasteiger partial charge in [0.1, 0.15) is 11.6 Å². The molecule has 0 unspecified atom stereocenters. The van der Waals surface area contributed by atoms with E-state index < -0.39 is 7.60 Å². The minimum atomic E-state index is -3.91. The second kappa shape index (κ2) is 8.11. The number of nitrogen functional groups attached to an aromatic ring is 1. The van der Waals surface area contributed by atoms with Crippen LogP contribution >= 0.6 is 7.60 Å². The van der Waals surface area contributed by atoms with Crippen LogP contribution in [0.15, 0.2) is 48.5 Å². The number of hydrogen-bond donors (Lipinski definition) is 4. The van der Waals surface area contributed by atoms with Crippen molar-refractivity contribution in [3.8, 4) is 16.9 Å². The molecule has 0 aliphatic rings. The van der Waals surface area contributed by atoms with Gasteiger partial charge < -0.3 is 20.3 Å². The van der Waals surface area contributed by atoms with Crippen LogP contribution in [0.5, 0.6) is 5.75 Å². The van der Waals surface area contributed by atoms with Gasteiger partial charge >= 0.3 is 7.60 Å². The van der Waals surface area contributed by atoms with Gasteiger partial charge in [-0.25, -0.2) is 0 Å². The summed E-state index contributed by atoms with van der Waals surface area (Å²) in [6, 6.07) is 15.0. The number of unbranched alkanes of at least 4 members (excludes halogenated alkanes) is 1. The van der Waals surface area contributed by atoms with E-state index in [4.69, 9.17) is 25.7 Å². The number of benzene rings is 2. The van der Waals surface area contributed by atoms with E-state index in [1.54, 1.807) is 0 Å². The SMILES string of the molecule is N=C(N)c1ccc(-c2ccc(OCCCCP(=O)(O)O)cc2)cc1. The molecular formula is C17H21N2O4P. The van der Waals surface area contributed by atoms with E-state index in [2.05, 4.69) is 0 Å². The predicted molar refractivity (Wildman–Crippen MR) is 94.5 cm³/mol. The topological polar surface area (TPSA) is 117 Å². The van der Waals surface area contributed by atoms with Gasteiger partial charge in [-0.05, 0) is 36.1 Å². The van der Waals surface area contributed by atoms with E-state index in [0.29, 0.717) is 25.0 Å². The van der Waals surface area contributed by atoms with E-state index in [9.17, 15) is 4.57 Å². The average Bonchev–Trinajstić information content (AvgIpc) is 2.54. The Morgan fingerprint density at radius 1 is 1.00 bits per heavy atom. The molecule has 6 nitrogen and oxygen atoms in total. The molecule has 2 rings (SSSR count). The van der Waals surface area contributed by atoms with Crippen LogP contribution in [0.2, 0.25) is 0 Å².